The van der Waals surface area contributed by atoms with Crippen LogP contribution in [0.1, 0.15) is 163 Å². The number of nitrogens with one attached hydrogen (secondary N) is 1. The maximum absolute atomic E-state index is 12.3. The van der Waals surface area contributed by atoms with Crippen molar-refractivity contribution in [3.8, 4) is 0 Å². The summed E-state index contributed by atoms with van der Waals surface area (Å²) in [6, 6.07) is 0. The number of carbonyl (C=O) groups excluding carboxylic acids is 2. The summed E-state index contributed by atoms with van der Waals surface area (Å²) in [7, 11) is 3.56. The summed E-state index contributed by atoms with van der Waals surface area (Å²) in [6.45, 7) is 10.3. The number of quaternary nitrogens is 1. The van der Waals surface area contributed by atoms with Gasteiger partial charge in [0.05, 0.1) is 20.7 Å². The highest BCUT2D eigenvalue weighted by atomic mass is 16.5. The van der Waals surface area contributed by atoms with E-state index in [2.05, 4.69) is 32.6 Å². The molecule has 0 saturated heterocycles. The second kappa shape index (κ2) is 31.4. The van der Waals surface area contributed by atoms with E-state index in [4.69, 9.17) is 4.74 Å². The quantitative estimate of drug-likeness (QED) is 0.0867. The predicted octanol–water partition coefficient (Wildman–Crippen LogP) is 7.20. The number of likely N-dealkylation sites (N-methyl/N-ethyl adjacent to an activating group) is 1. The van der Waals surface area contributed by atoms with E-state index in [-0.39, 0.29) is 24.1 Å². The molecule has 3 atom stereocenters. The van der Waals surface area contributed by atoms with Crippen molar-refractivity contribution >= 4 is 11.9 Å². The second-order valence-electron chi connectivity index (χ2n) is 11.5. The Balaban J connectivity index is 0. The van der Waals surface area contributed by atoms with Gasteiger partial charge in [0.2, 0.25) is 0 Å². The van der Waals surface area contributed by atoms with Crippen molar-refractivity contribution in [3.05, 3.63) is 0 Å². The van der Waals surface area contributed by atoms with E-state index < -0.39 is 0 Å². The number of hydrogen-bond donors (Lipinski definition) is 2. The molecule has 0 amide bonds. The molecule has 0 aliphatic rings. The Morgan fingerprint density at radius 2 is 1.10 bits per heavy atom. The minimum atomic E-state index is -0.231. The molecule has 0 bridgehead atoms. The highest BCUT2D eigenvalue weighted by molar-refractivity contribution is 5.69. The monoisotopic (exact) mass is 559 g/mol. The molecule has 2 N–H and O–H groups in total. The zero-order valence-corrected chi connectivity index (χ0v) is 27.0. The van der Waals surface area contributed by atoms with E-state index >= 15 is 0 Å². The summed E-state index contributed by atoms with van der Waals surface area (Å²) in [4.78, 5) is 24.2. The molecule has 0 spiro atoms. The van der Waals surface area contributed by atoms with Crippen molar-refractivity contribution in [1.82, 2.24) is 0 Å². The van der Waals surface area contributed by atoms with Gasteiger partial charge in [-0.1, -0.05) is 91.4 Å². The van der Waals surface area contributed by atoms with Gasteiger partial charge in [-0.15, -0.1) is 0 Å². The SMILES string of the molecule is CCCCCC(=O)OC.CCCCCCCCC(CCCCCC)OC(=O)CCCCCC[NH+](C)CC(C)O. The first-order chi connectivity index (χ1) is 18.8. The number of esters is 2. The number of unbranched alkanes of at least 4 members (excludes halogenated alkanes) is 13. The standard InChI is InChI=1S/C26H53NO3.C7H14O2/c1-5-7-9-11-12-16-20-25(19-15-10-8-6-2)30-26(29)21-17-13-14-18-22-27(4)23-24(3)28;1-3-4-5-6-7(8)9-2/h24-25,28H,5-23H2,1-4H3;3-6H2,1-2H3/p+1. The van der Waals surface area contributed by atoms with Crippen LogP contribution in [0.3, 0.4) is 0 Å². The number of aliphatic hydroxyl groups is 1. The van der Waals surface area contributed by atoms with Gasteiger partial charge in [0.25, 0.3) is 0 Å². The molecule has 6 heteroatoms. The van der Waals surface area contributed by atoms with Crippen LogP contribution in [0.25, 0.3) is 0 Å². The van der Waals surface area contributed by atoms with Crippen molar-refractivity contribution < 1.29 is 29.1 Å². The van der Waals surface area contributed by atoms with Crippen LogP contribution in [0.15, 0.2) is 0 Å². The van der Waals surface area contributed by atoms with Gasteiger partial charge in [0, 0.05) is 12.8 Å². The lowest BCUT2D eigenvalue weighted by Gasteiger charge is -2.18. The van der Waals surface area contributed by atoms with Crippen molar-refractivity contribution in [3.63, 3.8) is 0 Å². The molecule has 0 aromatic rings. The lowest BCUT2D eigenvalue weighted by Crippen LogP contribution is -3.10. The normalized spacial score (nSPS) is 13.2. The van der Waals surface area contributed by atoms with Crippen LogP contribution in [-0.2, 0) is 19.1 Å². The Morgan fingerprint density at radius 3 is 1.67 bits per heavy atom. The first-order valence-corrected chi connectivity index (χ1v) is 16.6. The largest absolute Gasteiger partial charge is 0.469 e. The van der Waals surface area contributed by atoms with Gasteiger partial charge in [0.15, 0.2) is 0 Å². The van der Waals surface area contributed by atoms with E-state index in [0.717, 1.165) is 70.9 Å². The molecule has 0 saturated carbocycles. The third-order valence-electron chi connectivity index (χ3n) is 7.15. The summed E-state index contributed by atoms with van der Waals surface area (Å²) >= 11 is 0. The van der Waals surface area contributed by atoms with Gasteiger partial charge in [-0.25, -0.2) is 0 Å². The molecule has 0 rings (SSSR count). The molecule has 0 aliphatic heterocycles. The van der Waals surface area contributed by atoms with Crippen LogP contribution < -0.4 is 4.90 Å². The van der Waals surface area contributed by atoms with E-state index in [1.165, 1.54) is 76.2 Å². The van der Waals surface area contributed by atoms with Gasteiger partial charge in [-0.2, -0.15) is 0 Å². The van der Waals surface area contributed by atoms with Crippen LogP contribution >= 0.6 is 0 Å². The van der Waals surface area contributed by atoms with E-state index in [1.807, 2.05) is 6.92 Å². The summed E-state index contributed by atoms with van der Waals surface area (Å²) in [5.41, 5.74) is 0. The fraction of sp³-hybridized carbons (Fsp3) is 0.939. The first kappa shape index (κ1) is 40.0. The van der Waals surface area contributed by atoms with Gasteiger partial charge < -0.3 is 19.5 Å². The Morgan fingerprint density at radius 1 is 0.667 bits per heavy atom. The van der Waals surface area contributed by atoms with Crippen LogP contribution in [-0.4, -0.2) is 56.5 Å². The smallest absolute Gasteiger partial charge is 0.306 e. The second-order valence-corrected chi connectivity index (χ2v) is 11.5. The molecule has 39 heavy (non-hydrogen) atoms. The molecule has 0 fully saturated rings. The number of methoxy groups -OCH3 is 1. The third-order valence-corrected chi connectivity index (χ3v) is 7.15. The molecule has 0 radical (unpaired) electrons. The van der Waals surface area contributed by atoms with E-state index in [0.29, 0.717) is 12.8 Å². The molecule has 0 heterocycles. The van der Waals surface area contributed by atoms with Gasteiger partial charge >= 0.3 is 11.9 Å². The predicted molar refractivity (Wildman–Crippen MR) is 164 cm³/mol. The summed E-state index contributed by atoms with van der Waals surface area (Å²) in [5.74, 6) is -0.0817. The average molecular weight is 559 g/mol. The molecule has 0 aliphatic carbocycles. The topological polar surface area (TPSA) is 77.3 Å². The number of aliphatic hydroxyl groups excluding tert-OH is 1. The first-order valence-electron chi connectivity index (χ1n) is 16.6. The van der Waals surface area contributed by atoms with Crippen molar-refractivity contribution in [1.29, 1.82) is 0 Å². The highest BCUT2D eigenvalue weighted by Crippen LogP contribution is 2.17. The van der Waals surface area contributed by atoms with E-state index in [9.17, 15) is 14.7 Å². The van der Waals surface area contributed by atoms with E-state index in [1.54, 1.807) is 0 Å². The fourth-order valence-electron chi connectivity index (χ4n) is 4.74. The zero-order valence-electron chi connectivity index (χ0n) is 27.0. The number of hydrogen-bond acceptors (Lipinski definition) is 5. The average Bonchev–Trinajstić information content (AvgIpc) is 2.90. The zero-order chi connectivity index (χ0) is 29.6. The molecule has 3 unspecified atom stereocenters. The van der Waals surface area contributed by atoms with Gasteiger partial charge in [-0.05, 0) is 58.3 Å². The van der Waals surface area contributed by atoms with Crippen molar-refractivity contribution in [2.75, 3.05) is 27.2 Å². The van der Waals surface area contributed by atoms with Crippen LogP contribution in [0.5, 0.6) is 0 Å². The maximum Gasteiger partial charge on any atom is 0.306 e. The Bertz CT molecular complexity index is 526. The lowest BCUT2D eigenvalue weighted by molar-refractivity contribution is -0.882. The van der Waals surface area contributed by atoms with Crippen LogP contribution in [0.4, 0.5) is 0 Å². The fourth-order valence-corrected chi connectivity index (χ4v) is 4.74. The molecule has 6 nitrogen and oxygen atoms in total. The Hall–Kier alpha value is -1.14. The molecule has 0 aromatic heterocycles. The van der Waals surface area contributed by atoms with Crippen LogP contribution in [0.2, 0.25) is 0 Å². The highest BCUT2D eigenvalue weighted by Gasteiger charge is 2.14. The molecular weight excluding hydrogens is 490 g/mol. The minimum absolute atomic E-state index is 0.0123. The molecule has 0 aromatic carbocycles. The minimum Gasteiger partial charge on any atom is -0.469 e. The number of rotatable bonds is 26. The number of ether oxygens (including phenoxy) is 2. The molecule has 234 valence electrons. The third kappa shape index (κ3) is 33.0. The van der Waals surface area contributed by atoms with Crippen LogP contribution in [0, 0.1) is 0 Å². The Kier molecular flexibility index (Phi) is 32.2. The van der Waals surface area contributed by atoms with Crippen molar-refractivity contribution in [2.45, 2.75) is 175 Å². The summed E-state index contributed by atoms with van der Waals surface area (Å²) in [5, 5.41) is 9.41. The van der Waals surface area contributed by atoms with Gasteiger partial charge in [-0.3, -0.25) is 9.59 Å². The maximum atomic E-state index is 12.3. The Labute approximate surface area is 243 Å². The van der Waals surface area contributed by atoms with Gasteiger partial charge in [0.1, 0.15) is 18.8 Å². The number of carbonyl (C=O) groups is 2. The van der Waals surface area contributed by atoms with Crippen molar-refractivity contribution in [2.24, 2.45) is 0 Å². The molecular formula is C33H68NO5+. The lowest BCUT2D eigenvalue weighted by atomic mass is 10.0. The summed E-state index contributed by atoms with van der Waals surface area (Å²) in [6.07, 6.45) is 23.4. The summed E-state index contributed by atoms with van der Waals surface area (Å²) < 4.78 is 10.3.